The third-order valence-electron chi connectivity index (χ3n) is 5.60. The first-order valence-corrected chi connectivity index (χ1v) is 11.7. The zero-order valence-electron chi connectivity index (χ0n) is 19.9. The molecule has 0 fully saturated rings. The van der Waals surface area contributed by atoms with Crippen LogP contribution in [-0.2, 0) is 14.3 Å². The molecule has 0 aliphatic carbocycles. The van der Waals surface area contributed by atoms with E-state index in [9.17, 15) is 4.79 Å². The molecule has 32 heavy (non-hydrogen) atoms. The third-order valence-corrected chi connectivity index (χ3v) is 6.57. The van der Waals surface area contributed by atoms with Crippen molar-refractivity contribution in [3.8, 4) is 16.9 Å². The molecule has 4 nitrogen and oxygen atoms in total. The summed E-state index contributed by atoms with van der Waals surface area (Å²) in [7, 11) is 3.03. The number of allylic oxidation sites excluding steroid dienone is 1. The van der Waals surface area contributed by atoms with E-state index in [1.165, 1.54) is 29.0 Å². The number of rotatable bonds is 8. The summed E-state index contributed by atoms with van der Waals surface area (Å²) in [6.45, 7) is 10.9. The van der Waals surface area contributed by atoms with Gasteiger partial charge >= 0.3 is 5.97 Å². The highest BCUT2D eigenvalue weighted by Crippen LogP contribution is 2.44. The number of benzene rings is 2. The molecule has 0 N–H and O–H groups in total. The van der Waals surface area contributed by atoms with Gasteiger partial charge in [-0.05, 0) is 64.6 Å². The molecular formula is C27H32O4S. The van der Waals surface area contributed by atoms with E-state index in [0.717, 1.165) is 33.4 Å². The number of ether oxygens (including phenoxy) is 3. The Morgan fingerprint density at radius 3 is 2.41 bits per heavy atom. The molecule has 0 saturated carbocycles. The highest BCUT2D eigenvalue weighted by molar-refractivity contribution is 7.17. The minimum Gasteiger partial charge on any atom is -0.467 e. The maximum atomic E-state index is 11.7. The number of thiophene rings is 1. The van der Waals surface area contributed by atoms with Crippen molar-refractivity contribution in [3.63, 3.8) is 0 Å². The van der Waals surface area contributed by atoms with Crippen LogP contribution in [0.5, 0.6) is 5.75 Å². The zero-order valence-corrected chi connectivity index (χ0v) is 20.8. The van der Waals surface area contributed by atoms with Gasteiger partial charge in [-0.2, -0.15) is 0 Å². The van der Waals surface area contributed by atoms with Crippen molar-refractivity contribution >= 4 is 33.0 Å². The lowest BCUT2D eigenvalue weighted by Crippen LogP contribution is -2.06. The average molecular weight is 453 g/mol. The van der Waals surface area contributed by atoms with Gasteiger partial charge in [-0.1, -0.05) is 39.8 Å². The van der Waals surface area contributed by atoms with Gasteiger partial charge in [-0.3, -0.25) is 0 Å². The first-order chi connectivity index (χ1) is 15.3. The van der Waals surface area contributed by atoms with Crippen molar-refractivity contribution in [1.82, 2.24) is 0 Å². The lowest BCUT2D eigenvalue weighted by Gasteiger charge is -2.21. The van der Waals surface area contributed by atoms with E-state index < -0.39 is 0 Å². The van der Waals surface area contributed by atoms with Crippen molar-refractivity contribution in [2.45, 2.75) is 46.5 Å². The van der Waals surface area contributed by atoms with Crippen LogP contribution >= 0.6 is 11.3 Å². The fourth-order valence-corrected chi connectivity index (χ4v) is 4.66. The second kappa shape index (κ2) is 10.3. The second-order valence-corrected chi connectivity index (χ2v) is 9.47. The van der Waals surface area contributed by atoms with E-state index in [1.54, 1.807) is 18.4 Å². The Kier molecular flexibility index (Phi) is 7.75. The summed E-state index contributed by atoms with van der Waals surface area (Å²) in [5.74, 6) is 1.23. The Bertz CT molecular complexity index is 1140. The zero-order chi connectivity index (χ0) is 23.4. The van der Waals surface area contributed by atoms with Crippen LogP contribution in [0.3, 0.4) is 0 Å². The molecule has 5 heteroatoms. The fraction of sp³-hybridized carbons (Fsp3) is 0.370. The van der Waals surface area contributed by atoms with E-state index in [2.05, 4.69) is 57.3 Å². The van der Waals surface area contributed by atoms with Crippen LogP contribution in [0, 0.1) is 0 Å². The fourth-order valence-electron chi connectivity index (χ4n) is 3.72. The number of carbonyl (C=O) groups excluding carboxylic acids is 1. The summed E-state index contributed by atoms with van der Waals surface area (Å²) in [5.41, 5.74) is 6.53. The van der Waals surface area contributed by atoms with E-state index in [-0.39, 0.29) is 12.8 Å². The monoisotopic (exact) mass is 452 g/mol. The summed E-state index contributed by atoms with van der Waals surface area (Å²) < 4.78 is 17.4. The Morgan fingerprint density at radius 1 is 1.03 bits per heavy atom. The predicted molar refractivity (Wildman–Crippen MR) is 134 cm³/mol. The number of esters is 1. The third kappa shape index (κ3) is 5.05. The first kappa shape index (κ1) is 24.0. The van der Waals surface area contributed by atoms with Gasteiger partial charge in [0.15, 0.2) is 6.79 Å². The molecule has 0 aliphatic rings. The molecule has 0 aliphatic heterocycles. The van der Waals surface area contributed by atoms with Crippen LogP contribution in [-0.4, -0.2) is 27.0 Å². The minimum atomic E-state index is -0.352. The quantitative estimate of drug-likeness (QED) is 0.203. The molecule has 0 spiro atoms. The number of fused-ring (bicyclic) bond motifs is 1. The van der Waals surface area contributed by atoms with Gasteiger partial charge in [-0.15, -0.1) is 11.3 Å². The molecule has 1 heterocycles. The largest absolute Gasteiger partial charge is 0.467 e. The number of carbonyl (C=O) groups is 1. The molecular weight excluding hydrogens is 420 g/mol. The molecule has 0 radical (unpaired) electrons. The highest BCUT2D eigenvalue weighted by atomic mass is 32.1. The molecule has 2 aromatic carbocycles. The van der Waals surface area contributed by atoms with Gasteiger partial charge in [0.2, 0.25) is 0 Å². The Balaban J connectivity index is 2.25. The second-order valence-electron chi connectivity index (χ2n) is 8.56. The van der Waals surface area contributed by atoms with Crippen molar-refractivity contribution in [2.75, 3.05) is 21.0 Å². The number of hydrogen-bond donors (Lipinski definition) is 0. The summed E-state index contributed by atoms with van der Waals surface area (Å²) in [6, 6.07) is 10.8. The van der Waals surface area contributed by atoms with Gasteiger partial charge in [0, 0.05) is 34.4 Å². The minimum absolute atomic E-state index is 0.196. The molecule has 1 aromatic heterocycles. The maximum absolute atomic E-state index is 11.7. The molecule has 170 valence electrons. The smallest absolute Gasteiger partial charge is 0.330 e. The maximum Gasteiger partial charge on any atom is 0.330 e. The summed E-state index contributed by atoms with van der Waals surface area (Å²) in [5, 5.41) is 3.33. The summed E-state index contributed by atoms with van der Waals surface area (Å²) >= 11 is 1.71. The Morgan fingerprint density at radius 2 is 1.78 bits per heavy atom. The molecule has 0 bridgehead atoms. The first-order valence-electron chi connectivity index (χ1n) is 10.8. The van der Waals surface area contributed by atoms with Crippen LogP contribution in [0.1, 0.15) is 63.1 Å². The predicted octanol–water partition coefficient (Wildman–Crippen LogP) is 7.37. The molecule has 0 amide bonds. The molecule has 0 unspecified atom stereocenters. The Labute approximate surface area is 194 Å². The molecule has 0 saturated heterocycles. The van der Waals surface area contributed by atoms with Crippen LogP contribution in [0.15, 0.2) is 41.8 Å². The van der Waals surface area contributed by atoms with Crippen LogP contribution < -0.4 is 4.74 Å². The highest BCUT2D eigenvalue weighted by Gasteiger charge is 2.20. The van der Waals surface area contributed by atoms with Gasteiger partial charge in [-0.25, -0.2) is 4.79 Å². The standard InChI is InChI=1S/C27H32O4S/c1-16(2)20-12-21(17(3)4)27(31-15-29-6)23(13-20)24-14-32-25-9-8-19(11-22(24)25)18(5)10-26(28)30-7/h8-14,16-17H,15H2,1-7H3/b18-10+. The van der Waals surface area contributed by atoms with Crippen molar-refractivity contribution in [1.29, 1.82) is 0 Å². The van der Waals surface area contributed by atoms with E-state index in [4.69, 9.17) is 14.2 Å². The lowest BCUT2D eigenvalue weighted by molar-refractivity contribution is -0.134. The van der Waals surface area contributed by atoms with Gasteiger partial charge in [0.1, 0.15) is 5.75 Å². The van der Waals surface area contributed by atoms with Crippen molar-refractivity contribution in [2.24, 2.45) is 0 Å². The number of hydrogen-bond acceptors (Lipinski definition) is 5. The van der Waals surface area contributed by atoms with E-state index in [0.29, 0.717) is 11.8 Å². The number of methoxy groups -OCH3 is 2. The van der Waals surface area contributed by atoms with Gasteiger partial charge < -0.3 is 14.2 Å². The molecule has 0 atom stereocenters. The van der Waals surface area contributed by atoms with Gasteiger partial charge in [0.25, 0.3) is 0 Å². The summed E-state index contributed by atoms with van der Waals surface area (Å²) in [6.07, 6.45) is 1.52. The van der Waals surface area contributed by atoms with Crippen molar-refractivity contribution in [3.05, 3.63) is 58.5 Å². The van der Waals surface area contributed by atoms with E-state index >= 15 is 0 Å². The summed E-state index contributed by atoms with van der Waals surface area (Å²) in [4.78, 5) is 11.7. The normalized spacial score (nSPS) is 12.1. The lowest BCUT2D eigenvalue weighted by atomic mass is 9.89. The topological polar surface area (TPSA) is 44.8 Å². The molecule has 3 aromatic rings. The Hall–Kier alpha value is -2.63. The van der Waals surface area contributed by atoms with Crippen LogP contribution in [0.25, 0.3) is 26.8 Å². The van der Waals surface area contributed by atoms with Crippen molar-refractivity contribution < 1.29 is 19.0 Å². The van der Waals surface area contributed by atoms with Crippen LogP contribution in [0.4, 0.5) is 0 Å². The average Bonchev–Trinajstić information content (AvgIpc) is 3.19. The molecule has 3 rings (SSSR count). The SMILES string of the molecule is COCOc1c(-c2csc3ccc(/C(C)=C/C(=O)OC)cc23)cc(C(C)C)cc1C(C)C. The van der Waals surface area contributed by atoms with E-state index in [1.807, 2.05) is 13.0 Å². The van der Waals surface area contributed by atoms with Gasteiger partial charge in [0.05, 0.1) is 7.11 Å². The van der Waals surface area contributed by atoms with Crippen LogP contribution in [0.2, 0.25) is 0 Å².